The molecule has 0 bridgehead atoms. The van der Waals surface area contributed by atoms with Gasteiger partial charge in [0.05, 0.1) is 5.69 Å². The summed E-state index contributed by atoms with van der Waals surface area (Å²) in [6.45, 7) is 6.43. The molecule has 4 heterocycles. The first-order chi connectivity index (χ1) is 18.6. The fourth-order valence-electron chi connectivity index (χ4n) is 5.98. The monoisotopic (exact) mass is 549 g/mol. The highest BCUT2D eigenvalue weighted by Gasteiger charge is 2.31. The van der Waals surface area contributed by atoms with Gasteiger partial charge in [-0.1, -0.05) is 41.4 Å². The Hall–Kier alpha value is -2.80. The third-order valence-corrected chi connectivity index (χ3v) is 8.77. The Balaban J connectivity index is 1.19. The fraction of sp³-hybridized carbons (Fsp3) is 0.400. The average molecular weight is 551 g/mol. The van der Waals surface area contributed by atoms with Crippen molar-refractivity contribution < 1.29 is 4.79 Å². The number of likely N-dealkylation sites (tertiary alicyclic amines) is 2. The molecule has 2 saturated heterocycles. The number of fused-ring (bicyclic) bond motifs is 1. The smallest absolute Gasteiger partial charge is 0.254 e. The average Bonchev–Trinajstić information content (AvgIpc) is 3.63. The predicted molar refractivity (Wildman–Crippen MR) is 155 cm³/mol. The van der Waals surface area contributed by atoms with Gasteiger partial charge in [0.15, 0.2) is 0 Å². The lowest BCUT2D eigenvalue weighted by Crippen LogP contribution is -2.42. The third kappa shape index (κ3) is 5.22. The van der Waals surface area contributed by atoms with Crippen molar-refractivity contribution in [1.82, 2.24) is 14.8 Å². The number of hydrogen-bond acceptors (Lipinski definition) is 5. The van der Waals surface area contributed by atoms with E-state index < -0.39 is 0 Å². The number of anilines is 2. The fourth-order valence-corrected chi connectivity index (χ4v) is 6.50. The van der Waals surface area contributed by atoms with Crippen LogP contribution in [0.5, 0.6) is 0 Å². The molecule has 3 aromatic rings. The van der Waals surface area contributed by atoms with Crippen LogP contribution in [0.2, 0.25) is 10.0 Å². The number of hydrogen-bond donors (Lipinski definition) is 1. The van der Waals surface area contributed by atoms with E-state index in [1.165, 1.54) is 25.9 Å². The molecule has 3 aliphatic rings. The predicted octanol–water partition coefficient (Wildman–Crippen LogP) is 6.19. The number of nitrogens with zero attached hydrogens (tertiary/aromatic N) is 4. The van der Waals surface area contributed by atoms with Crippen molar-refractivity contribution >= 4 is 40.6 Å². The Labute approximate surface area is 234 Å². The summed E-state index contributed by atoms with van der Waals surface area (Å²) in [5.74, 6) is 1.00. The van der Waals surface area contributed by atoms with E-state index in [9.17, 15) is 4.79 Å². The number of aromatic nitrogens is 1. The molecule has 1 atom stereocenters. The van der Waals surface area contributed by atoms with Crippen LogP contribution in [0.1, 0.15) is 41.6 Å². The summed E-state index contributed by atoms with van der Waals surface area (Å²) in [5.41, 5.74) is 4.74. The number of carbonyl (C=O) groups excluding carboxylic acids is 1. The topological polar surface area (TPSA) is 51.7 Å². The number of rotatable bonds is 6. The normalized spacial score (nSPS) is 19.5. The molecule has 1 amide bonds. The first-order valence-electron chi connectivity index (χ1n) is 13.6. The lowest BCUT2D eigenvalue weighted by atomic mass is 10.0. The molecule has 2 fully saturated rings. The maximum absolute atomic E-state index is 13.4. The van der Waals surface area contributed by atoms with Crippen molar-refractivity contribution in [3.8, 4) is 11.1 Å². The minimum Gasteiger partial charge on any atom is -0.367 e. The molecule has 1 N–H and O–H groups in total. The Morgan fingerprint density at radius 1 is 0.947 bits per heavy atom. The summed E-state index contributed by atoms with van der Waals surface area (Å²) in [4.78, 5) is 25.0. The molecule has 1 aromatic heterocycles. The zero-order chi connectivity index (χ0) is 26.1. The van der Waals surface area contributed by atoms with Gasteiger partial charge in [-0.3, -0.25) is 4.79 Å². The van der Waals surface area contributed by atoms with Crippen LogP contribution >= 0.6 is 23.2 Å². The van der Waals surface area contributed by atoms with Crippen molar-refractivity contribution in [3.63, 3.8) is 0 Å². The van der Waals surface area contributed by atoms with Crippen LogP contribution < -0.4 is 10.2 Å². The summed E-state index contributed by atoms with van der Waals surface area (Å²) >= 11 is 12.9. The lowest BCUT2D eigenvalue weighted by Gasteiger charge is -2.32. The number of halogens is 2. The highest BCUT2D eigenvalue weighted by atomic mass is 35.5. The van der Waals surface area contributed by atoms with Crippen LogP contribution in [-0.4, -0.2) is 66.0 Å². The van der Waals surface area contributed by atoms with E-state index in [1.807, 2.05) is 48.7 Å². The first kappa shape index (κ1) is 25.5. The van der Waals surface area contributed by atoms with Gasteiger partial charge in [-0.2, -0.15) is 0 Å². The minimum absolute atomic E-state index is 0.147. The molecule has 6 rings (SSSR count). The van der Waals surface area contributed by atoms with E-state index in [1.54, 1.807) is 0 Å². The van der Waals surface area contributed by atoms with E-state index in [0.717, 1.165) is 72.8 Å². The second-order valence-electron chi connectivity index (χ2n) is 10.5. The van der Waals surface area contributed by atoms with Crippen LogP contribution in [0.3, 0.4) is 0 Å². The molecule has 8 heteroatoms. The maximum atomic E-state index is 13.4. The van der Waals surface area contributed by atoms with Gasteiger partial charge in [0.25, 0.3) is 5.91 Å². The van der Waals surface area contributed by atoms with Gasteiger partial charge in [0.1, 0.15) is 5.82 Å². The van der Waals surface area contributed by atoms with Crippen LogP contribution in [0.15, 0.2) is 54.7 Å². The molecule has 0 aliphatic carbocycles. The standard InChI is InChI=1S/C30H33Cl2N5O/c31-26-6-3-7-27(32)25(26)20-36-16-12-33-29-28(36)17-23(18-34-29)21-8-10-22(11-9-21)30(38)37-15-4-5-24(37)19-35-13-1-2-14-35/h3,6-11,17-18,24H,1-2,4-5,12-16,19-20H2,(H,33,34). The van der Waals surface area contributed by atoms with Gasteiger partial charge in [-0.15, -0.1) is 0 Å². The highest BCUT2D eigenvalue weighted by Crippen LogP contribution is 2.35. The lowest BCUT2D eigenvalue weighted by molar-refractivity contribution is 0.0709. The van der Waals surface area contributed by atoms with Gasteiger partial charge >= 0.3 is 0 Å². The van der Waals surface area contributed by atoms with Crippen LogP contribution in [0.25, 0.3) is 11.1 Å². The van der Waals surface area contributed by atoms with E-state index in [0.29, 0.717) is 22.6 Å². The zero-order valence-corrected chi connectivity index (χ0v) is 23.0. The molecule has 0 spiro atoms. The molecule has 2 aromatic carbocycles. The van der Waals surface area contributed by atoms with Gasteiger partial charge in [0.2, 0.25) is 0 Å². The second kappa shape index (κ2) is 11.1. The molecule has 0 radical (unpaired) electrons. The van der Waals surface area contributed by atoms with Gasteiger partial charge in [0, 0.05) is 71.7 Å². The Morgan fingerprint density at radius 3 is 2.47 bits per heavy atom. The molecule has 0 saturated carbocycles. The van der Waals surface area contributed by atoms with Crippen molar-refractivity contribution in [2.24, 2.45) is 0 Å². The number of pyridine rings is 1. The van der Waals surface area contributed by atoms with Crippen molar-refractivity contribution in [1.29, 1.82) is 0 Å². The van der Waals surface area contributed by atoms with Gasteiger partial charge in [-0.25, -0.2) is 4.98 Å². The quantitative estimate of drug-likeness (QED) is 0.397. The van der Waals surface area contributed by atoms with Gasteiger partial charge < -0.3 is 20.0 Å². The minimum atomic E-state index is 0.147. The molecular formula is C30H33Cl2N5O. The SMILES string of the molecule is O=C(c1ccc(-c2cnc3c(c2)N(Cc2c(Cl)cccc2Cl)CCN3)cc1)N1CCCC1CN1CCCC1. The third-order valence-electron chi connectivity index (χ3n) is 8.06. The highest BCUT2D eigenvalue weighted by molar-refractivity contribution is 6.36. The Kier molecular flexibility index (Phi) is 7.46. The number of nitrogens with one attached hydrogen (secondary N) is 1. The largest absolute Gasteiger partial charge is 0.367 e. The summed E-state index contributed by atoms with van der Waals surface area (Å²) in [6.07, 6.45) is 6.64. The molecule has 1 unspecified atom stereocenters. The summed E-state index contributed by atoms with van der Waals surface area (Å²) in [5, 5.41) is 4.74. The number of amides is 1. The van der Waals surface area contributed by atoms with Crippen molar-refractivity contribution in [3.05, 3.63) is 75.9 Å². The van der Waals surface area contributed by atoms with E-state index >= 15 is 0 Å². The zero-order valence-electron chi connectivity index (χ0n) is 21.5. The molecule has 3 aliphatic heterocycles. The van der Waals surface area contributed by atoms with E-state index in [4.69, 9.17) is 28.2 Å². The number of carbonyl (C=O) groups is 1. The maximum Gasteiger partial charge on any atom is 0.254 e. The summed E-state index contributed by atoms with van der Waals surface area (Å²) in [7, 11) is 0. The van der Waals surface area contributed by atoms with Crippen molar-refractivity contribution in [2.75, 3.05) is 49.5 Å². The molecule has 198 valence electrons. The Morgan fingerprint density at radius 2 is 1.71 bits per heavy atom. The molecule has 38 heavy (non-hydrogen) atoms. The van der Waals surface area contributed by atoms with Crippen molar-refractivity contribution in [2.45, 2.75) is 38.3 Å². The molecule has 6 nitrogen and oxygen atoms in total. The Bertz CT molecular complexity index is 1290. The second-order valence-corrected chi connectivity index (χ2v) is 11.3. The summed E-state index contributed by atoms with van der Waals surface area (Å²) in [6, 6.07) is 16.1. The van der Waals surface area contributed by atoms with Crippen LogP contribution in [0.4, 0.5) is 11.5 Å². The van der Waals surface area contributed by atoms with Crippen LogP contribution in [0, 0.1) is 0 Å². The number of benzene rings is 2. The van der Waals surface area contributed by atoms with Crippen LogP contribution in [-0.2, 0) is 6.54 Å². The first-order valence-corrected chi connectivity index (χ1v) is 14.4. The van der Waals surface area contributed by atoms with E-state index in [2.05, 4.69) is 26.1 Å². The van der Waals surface area contributed by atoms with Gasteiger partial charge in [-0.05, 0) is 74.7 Å². The summed E-state index contributed by atoms with van der Waals surface area (Å²) < 4.78 is 0. The van der Waals surface area contributed by atoms with E-state index in [-0.39, 0.29) is 5.91 Å². The molecular weight excluding hydrogens is 517 g/mol.